The lowest BCUT2D eigenvalue weighted by molar-refractivity contribution is -0.129. The van der Waals surface area contributed by atoms with E-state index >= 15 is 0 Å². The summed E-state index contributed by atoms with van der Waals surface area (Å²) in [6, 6.07) is 0.502. The van der Waals surface area contributed by atoms with E-state index in [1.54, 1.807) is 6.92 Å². The lowest BCUT2D eigenvalue weighted by atomic mass is 10.0. The van der Waals surface area contributed by atoms with E-state index in [0.29, 0.717) is 11.9 Å². The minimum absolute atomic E-state index is 0.0858. The second-order valence-electron chi connectivity index (χ2n) is 4.44. The van der Waals surface area contributed by atoms with Crippen molar-refractivity contribution in [2.75, 3.05) is 13.1 Å². The molecule has 1 aliphatic rings. The Labute approximate surface area is 100.0 Å². The molecule has 0 bridgehead atoms. The molecule has 0 spiro atoms. The predicted molar refractivity (Wildman–Crippen MR) is 61.0 cm³/mol. The minimum Gasteiger partial charge on any atom is -0.343 e. The van der Waals surface area contributed by atoms with Crippen molar-refractivity contribution in [1.82, 2.24) is 30.8 Å². The highest BCUT2D eigenvalue weighted by molar-refractivity contribution is 5.73. The van der Waals surface area contributed by atoms with E-state index in [2.05, 4.69) is 25.9 Å². The number of carbonyl (C=O) groups excluding carboxylic acids is 1. The number of piperidine rings is 1. The predicted octanol–water partition coefficient (Wildman–Crippen LogP) is -0.139. The van der Waals surface area contributed by atoms with Crippen LogP contribution < -0.4 is 5.32 Å². The molecule has 0 aliphatic carbocycles. The number of nitrogens with zero attached hydrogens (tertiary/aromatic N) is 4. The van der Waals surface area contributed by atoms with Gasteiger partial charge in [-0.15, -0.1) is 10.2 Å². The fourth-order valence-corrected chi connectivity index (χ4v) is 2.14. The normalized spacial score (nSPS) is 19.3. The Morgan fingerprint density at radius 2 is 2.24 bits per heavy atom. The Hall–Kier alpha value is -1.50. The average Bonchev–Trinajstić information content (AvgIpc) is 2.83. The third-order valence-corrected chi connectivity index (χ3v) is 3.18. The summed E-state index contributed by atoms with van der Waals surface area (Å²) in [5.74, 6) is 0.841. The summed E-state index contributed by atoms with van der Waals surface area (Å²) in [6.45, 7) is 5.29. The molecular weight excluding hydrogens is 220 g/mol. The zero-order chi connectivity index (χ0) is 12.3. The first-order chi connectivity index (χ1) is 8.16. The van der Waals surface area contributed by atoms with Crippen LogP contribution in [0.2, 0.25) is 0 Å². The summed E-state index contributed by atoms with van der Waals surface area (Å²) in [6.07, 6.45) is 1.95. The topological polar surface area (TPSA) is 86.8 Å². The number of H-pyrrole nitrogens is 1. The summed E-state index contributed by atoms with van der Waals surface area (Å²) < 4.78 is 0. The van der Waals surface area contributed by atoms with Gasteiger partial charge in [0.05, 0.1) is 6.04 Å². The van der Waals surface area contributed by atoms with E-state index in [0.717, 1.165) is 25.9 Å². The maximum atomic E-state index is 11.2. The van der Waals surface area contributed by atoms with E-state index in [1.807, 2.05) is 11.8 Å². The summed E-state index contributed by atoms with van der Waals surface area (Å²) in [4.78, 5) is 13.1. The van der Waals surface area contributed by atoms with Crippen LogP contribution >= 0.6 is 0 Å². The SMILES string of the molecule is CC(=O)N1CCC(NC(C)c2nn[nH]n2)CC1. The Balaban J connectivity index is 1.80. The first-order valence-electron chi connectivity index (χ1n) is 5.91. The van der Waals surface area contributed by atoms with Gasteiger partial charge in [0.2, 0.25) is 5.91 Å². The number of aromatic nitrogens is 4. The Morgan fingerprint density at radius 1 is 1.53 bits per heavy atom. The van der Waals surface area contributed by atoms with Gasteiger partial charge >= 0.3 is 0 Å². The molecule has 1 saturated heterocycles. The molecule has 94 valence electrons. The van der Waals surface area contributed by atoms with Gasteiger partial charge in [-0.2, -0.15) is 5.21 Å². The minimum atomic E-state index is 0.0858. The van der Waals surface area contributed by atoms with Gasteiger partial charge in [0.25, 0.3) is 0 Å². The first-order valence-corrected chi connectivity index (χ1v) is 5.91. The maximum Gasteiger partial charge on any atom is 0.219 e. The van der Waals surface area contributed by atoms with E-state index in [1.165, 1.54) is 0 Å². The van der Waals surface area contributed by atoms with Crippen LogP contribution in [-0.4, -0.2) is 50.6 Å². The smallest absolute Gasteiger partial charge is 0.219 e. The molecule has 1 unspecified atom stereocenters. The Morgan fingerprint density at radius 3 is 2.76 bits per heavy atom. The zero-order valence-electron chi connectivity index (χ0n) is 10.2. The van der Waals surface area contributed by atoms with Crippen molar-refractivity contribution in [2.45, 2.75) is 38.8 Å². The monoisotopic (exact) mass is 238 g/mol. The quantitative estimate of drug-likeness (QED) is 0.765. The third-order valence-electron chi connectivity index (χ3n) is 3.18. The molecule has 0 saturated carbocycles. The third kappa shape index (κ3) is 3.00. The number of likely N-dealkylation sites (tertiary alicyclic amines) is 1. The molecule has 2 N–H and O–H groups in total. The highest BCUT2D eigenvalue weighted by atomic mass is 16.2. The van der Waals surface area contributed by atoms with Crippen LogP contribution in [0.4, 0.5) is 0 Å². The van der Waals surface area contributed by atoms with Crippen molar-refractivity contribution in [3.8, 4) is 0 Å². The van der Waals surface area contributed by atoms with Gasteiger partial charge in [0, 0.05) is 26.1 Å². The zero-order valence-corrected chi connectivity index (χ0v) is 10.2. The van der Waals surface area contributed by atoms with E-state index in [9.17, 15) is 4.79 Å². The van der Waals surface area contributed by atoms with Crippen LogP contribution in [0.5, 0.6) is 0 Å². The van der Waals surface area contributed by atoms with Crippen LogP contribution in [0.15, 0.2) is 0 Å². The van der Waals surface area contributed by atoms with Crippen LogP contribution in [0.1, 0.15) is 38.6 Å². The van der Waals surface area contributed by atoms with Crippen molar-refractivity contribution in [2.24, 2.45) is 0 Å². The lowest BCUT2D eigenvalue weighted by Crippen LogP contribution is -2.44. The van der Waals surface area contributed by atoms with Crippen molar-refractivity contribution < 1.29 is 4.79 Å². The molecule has 2 rings (SSSR count). The average molecular weight is 238 g/mol. The molecule has 1 aliphatic heterocycles. The molecule has 0 aromatic carbocycles. The van der Waals surface area contributed by atoms with Crippen molar-refractivity contribution in [3.05, 3.63) is 5.82 Å². The van der Waals surface area contributed by atoms with Crippen LogP contribution in [0.3, 0.4) is 0 Å². The fourth-order valence-electron chi connectivity index (χ4n) is 2.14. The summed E-state index contributed by atoms with van der Waals surface area (Å²) in [7, 11) is 0. The molecule has 7 nitrogen and oxygen atoms in total. The molecule has 17 heavy (non-hydrogen) atoms. The largest absolute Gasteiger partial charge is 0.343 e. The van der Waals surface area contributed by atoms with Crippen LogP contribution in [0, 0.1) is 0 Å². The second-order valence-corrected chi connectivity index (χ2v) is 4.44. The molecular formula is C10H18N6O. The molecule has 1 aromatic heterocycles. The number of carbonyl (C=O) groups is 1. The first kappa shape index (κ1) is 12.0. The van der Waals surface area contributed by atoms with Gasteiger partial charge in [-0.3, -0.25) is 4.79 Å². The highest BCUT2D eigenvalue weighted by Crippen LogP contribution is 2.14. The maximum absolute atomic E-state index is 11.2. The van der Waals surface area contributed by atoms with Gasteiger partial charge < -0.3 is 10.2 Å². The summed E-state index contributed by atoms with van der Waals surface area (Å²) >= 11 is 0. The van der Waals surface area contributed by atoms with Gasteiger partial charge in [-0.05, 0) is 19.8 Å². The number of rotatable bonds is 3. The number of amides is 1. The molecule has 1 aromatic rings. The van der Waals surface area contributed by atoms with E-state index in [-0.39, 0.29) is 11.9 Å². The molecule has 1 amide bonds. The molecule has 2 heterocycles. The summed E-state index contributed by atoms with van der Waals surface area (Å²) in [5.41, 5.74) is 0. The fraction of sp³-hybridized carbons (Fsp3) is 0.800. The van der Waals surface area contributed by atoms with E-state index < -0.39 is 0 Å². The van der Waals surface area contributed by atoms with Crippen molar-refractivity contribution in [1.29, 1.82) is 0 Å². The Kier molecular flexibility index (Phi) is 3.68. The number of aromatic amines is 1. The molecule has 1 fully saturated rings. The molecule has 7 heteroatoms. The van der Waals surface area contributed by atoms with Gasteiger partial charge in [-0.1, -0.05) is 5.21 Å². The van der Waals surface area contributed by atoms with Gasteiger partial charge in [-0.25, -0.2) is 0 Å². The standard InChI is InChI=1S/C10H18N6O/c1-7(10-12-14-15-13-10)11-9-3-5-16(6-4-9)8(2)17/h7,9,11H,3-6H2,1-2H3,(H,12,13,14,15). The van der Waals surface area contributed by atoms with Crippen molar-refractivity contribution >= 4 is 5.91 Å². The number of hydrogen-bond acceptors (Lipinski definition) is 5. The molecule has 0 radical (unpaired) electrons. The van der Waals surface area contributed by atoms with Crippen molar-refractivity contribution in [3.63, 3.8) is 0 Å². The van der Waals surface area contributed by atoms with Gasteiger partial charge in [0.15, 0.2) is 5.82 Å². The number of tetrazole rings is 1. The number of nitrogens with one attached hydrogen (secondary N) is 2. The molecule has 1 atom stereocenters. The van der Waals surface area contributed by atoms with Crippen LogP contribution in [0.25, 0.3) is 0 Å². The Bertz CT molecular complexity index is 357. The highest BCUT2D eigenvalue weighted by Gasteiger charge is 2.22. The van der Waals surface area contributed by atoms with E-state index in [4.69, 9.17) is 0 Å². The van der Waals surface area contributed by atoms with Crippen LogP contribution in [-0.2, 0) is 4.79 Å². The summed E-state index contributed by atoms with van der Waals surface area (Å²) in [5, 5.41) is 17.3. The van der Waals surface area contributed by atoms with Gasteiger partial charge in [0.1, 0.15) is 0 Å². The lowest BCUT2D eigenvalue weighted by Gasteiger charge is -2.32. The number of hydrogen-bond donors (Lipinski definition) is 2. The second kappa shape index (κ2) is 5.22.